The number of hydrogen-bond acceptors (Lipinski definition) is 4. The third-order valence-corrected chi connectivity index (χ3v) is 4.71. The van der Waals surface area contributed by atoms with Gasteiger partial charge in [-0.15, -0.1) is 0 Å². The van der Waals surface area contributed by atoms with E-state index < -0.39 is 10.0 Å². The van der Waals surface area contributed by atoms with Gasteiger partial charge in [0.1, 0.15) is 5.75 Å². The maximum Gasteiger partial charge on any atom is 0.227 e. The molecular formula is C16H24N2O4S. The average Bonchev–Trinajstić information content (AvgIpc) is 2.52. The number of sulfonamides is 1. The number of carbonyl (C=O) groups excluding carboxylic acids is 1. The molecule has 23 heavy (non-hydrogen) atoms. The highest BCUT2D eigenvalue weighted by Crippen LogP contribution is 2.19. The van der Waals surface area contributed by atoms with Gasteiger partial charge < -0.3 is 9.64 Å². The summed E-state index contributed by atoms with van der Waals surface area (Å²) >= 11 is 0. The topological polar surface area (TPSA) is 75.7 Å². The van der Waals surface area contributed by atoms with E-state index >= 15 is 0 Å². The SMILES string of the molecule is COc1cccc(CC(=O)N2CCCCC2CNS(C)(=O)=O)c1. The molecule has 0 aromatic heterocycles. The predicted octanol–water partition coefficient (Wildman–Crippen LogP) is 1.17. The lowest BCUT2D eigenvalue weighted by Gasteiger charge is -2.36. The van der Waals surface area contributed by atoms with Crippen molar-refractivity contribution < 1.29 is 17.9 Å². The fourth-order valence-corrected chi connectivity index (χ4v) is 3.34. The molecule has 1 aliphatic rings. The summed E-state index contributed by atoms with van der Waals surface area (Å²) in [7, 11) is -1.65. The number of benzene rings is 1. The van der Waals surface area contributed by atoms with Crippen molar-refractivity contribution in [1.29, 1.82) is 0 Å². The minimum Gasteiger partial charge on any atom is -0.497 e. The van der Waals surface area contributed by atoms with Crippen molar-refractivity contribution in [1.82, 2.24) is 9.62 Å². The molecule has 0 spiro atoms. The van der Waals surface area contributed by atoms with Crippen LogP contribution >= 0.6 is 0 Å². The minimum absolute atomic E-state index is 0.0262. The molecule has 6 nitrogen and oxygen atoms in total. The van der Waals surface area contributed by atoms with E-state index in [4.69, 9.17) is 4.74 Å². The van der Waals surface area contributed by atoms with Crippen molar-refractivity contribution in [2.45, 2.75) is 31.7 Å². The summed E-state index contributed by atoms with van der Waals surface area (Å²) in [5.74, 6) is 0.752. The molecule has 0 radical (unpaired) electrons. The molecule has 1 aromatic carbocycles. The van der Waals surface area contributed by atoms with Crippen molar-refractivity contribution in [3.63, 3.8) is 0 Å². The van der Waals surface area contributed by atoms with Crippen LogP contribution in [0.2, 0.25) is 0 Å². The zero-order valence-electron chi connectivity index (χ0n) is 13.6. The molecule has 1 unspecified atom stereocenters. The van der Waals surface area contributed by atoms with E-state index in [1.165, 1.54) is 0 Å². The fraction of sp³-hybridized carbons (Fsp3) is 0.562. The van der Waals surface area contributed by atoms with Gasteiger partial charge in [-0.25, -0.2) is 13.1 Å². The second kappa shape index (κ2) is 7.79. The Hall–Kier alpha value is -1.60. The van der Waals surface area contributed by atoms with Crippen molar-refractivity contribution in [2.75, 3.05) is 26.5 Å². The number of piperidine rings is 1. The van der Waals surface area contributed by atoms with Crippen molar-refractivity contribution in [3.05, 3.63) is 29.8 Å². The van der Waals surface area contributed by atoms with Crippen molar-refractivity contribution in [2.24, 2.45) is 0 Å². The molecule has 1 saturated heterocycles. The number of ether oxygens (including phenoxy) is 1. The molecule has 1 atom stereocenters. The largest absolute Gasteiger partial charge is 0.497 e. The van der Waals surface area contributed by atoms with Crippen molar-refractivity contribution >= 4 is 15.9 Å². The molecule has 1 fully saturated rings. The van der Waals surface area contributed by atoms with Gasteiger partial charge in [0.25, 0.3) is 0 Å². The molecule has 1 heterocycles. The summed E-state index contributed by atoms with van der Waals surface area (Å²) < 4.78 is 30.3. The maximum absolute atomic E-state index is 12.6. The number of nitrogens with zero attached hydrogens (tertiary/aromatic N) is 1. The summed E-state index contributed by atoms with van der Waals surface area (Å²) in [6.07, 6.45) is 4.23. The van der Waals surface area contributed by atoms with Crippen LogP contribution in [0.25, 0.3) is 0 Å². The minimum atomic E-state index is -3.25. The normalized spacial score (nSPS) is 18.7. The van der Waals surface area contributed by atoms with Crippen LogP contribution in [-0.2, 0) is 21.2 Å². The zero-order valence-corrected chi connectivity index (χ0v) is 14.4. The molecule has 7 heteroatoms. The summed E-state index contributed by atoms with van der Waals surface area (Å²) in [5.41, 5.74) is 0.898. The van der Waals surface area contributed by atoms with Crippen LogP contribution < -0.4 is 9.46 Å². The smallest absolute Gasteiger partial charge is 0.227 e. The quantitative estimate of drug-likeness (QED) is 0.843. The first-order valence-corrected chi connectivity index (χ1v) is 9.65. The van der Waals surface area contributed by atoms with Gasteiger partial charge in [-0.3, -0.25) is 4.79 Å². The number of likely N-dealkylation sites (tertiary alicyclic amines) is 1. The standard InChI is InChI=1S/C16H24N2O4S/c1-22-15-8-5-6-13(10-15)11-16(19)18-9-4-3-7-14(18)12-17-23(2,20)21/h5-6,8,10,14,17H,3-4,7,9,11-12H2,1-2H3. The van der Waals surface area contributed by atoms with Gasteiger partial charge in [0.15, 0.2) is 0 Å². The first kappa shape index (κ1) is 17.7. The Morgan fingerprint density at radius 2 is 2.17 bits per heavy atom. The van der Waals surface area contributed by atoms with Gasteiger partial charge in [-0.1, -0.05) is 12.1 Å². The molecule has 1 aliphatic heterocycles. The van der Waals surface area contributed by atoms with Crippen LogP contribution in [-0.4, -0.2) is 51.7 Å². The summed E-state index contributed by atoms with van der Waals surface area (Å²) in [5, 5.41) is 0. The number of methoxy groups -OCH3 is 1. The lowest BCUT2D eigenvalue weighted by atomic mass is 10.0. The monoisotopic (exact) mass is 340 g/mol. The molecule has 0 saturated carbocycles. The van der Waals surface area contributed by atoms with Gasteiger partial charge >= 0.3 is 0 Å². The van der Waals surface area contributed by atoms with Crippen LogP contribution in [0.3, 0.4) is 0 Å². The Balaban J connectivity index is 2.02. The lowest BCUT2D eigenvalue weighted by molar-refractivity contribution is -0.133. The van der Waals surface area contributed by atoms with Gasteiger partial charge in [0, 0.05) is 19.1 Å². The molecular weight excluding hydrogens is 316 g/mol. The van der Waals surface area contributed by atoms with Crippen molar-refractivity contribution in [3.8, 4) is 5.75 Å². The predicted molar refractivity (Wildman–Crippen MR) is 88.9 cm³/mol. The molecule has 2 rings (SSSR count). The summed E-state index contributed by atoms with van der Waals surface area (Å²) in [4.78, 5) is 14.4. The first-order valence-electron chi connectivity index (χ1n) is 7.76. The molecule has 0 aliphatic carbocycles. The Labute approximate surface area is 137 Å². The zero-order chi connectivity index (χ0) is 16.9. The van der Waals surface area contributed by atoms with Gasteiger partial charge in [0.05, 0.1) is 19.8 Å². The second-order valence-corrected chi connectivity index (χ2v) is 7.72. The number of carbonyl (C=O) groups is 1. The number of hydrogen-bond donors (Lipinski definition) is 1. The van der Waals surface area contributed by atoms with E-state index in [-0.39, 0.29) is 18.5 Å². The van der Waals surface area contributed by atoms with Crippen LogP contribution in [0.5, 0.6) is 5.75 Å². The summed E-state index contributed by atoms with van der Waals surface area (Å²) in [6.45, 7) is 0.960. The number of amides is 1. The lowest BCUT2D eigenvalue weighted by Crippen LogP contribution is -2.49. The number of nitrogens with one attached hydrogen (secondary N) is 1. The summed E-state index contributed by atoms with van der Waals surface area (Å²) in [6, 6.07) is 7.38. The van der Waals surface area contributed by atoms with E-state index in [2.05, 4.69) is 4.72 Å². The molecule has 1 aromatic rings. The van der Waals surface area contributed by atoms with E-state index in [1.807, 2.05) is 24.3 Å². The molecule has 128 valence electrons. The van der Waals surface area contributed by atoms with Gasteiger partial charge in [-0.2, -0.15) is 0 Å². The van der Waals surface area contributed by atoms with Gasteiger partial charge in [-0.05, 0) is 37.0 Å². The Bertz CT molecular complexity index is 645. The molecule has 0 bridgehead atoms. The van der Waals surface area contributed by atoms with E-state index in [9.17, 15) is 13.2 Å². The highest BCUT2D eigenvalue weighted by molar-refractivity contribution is 7.88. The second-order valence-electron chi connectivity index (χ2n) is 5.89. The van der Waals surface area contributed by atoms with E-state index in [0.29, 0.717) is 13.0 Å². The fourth-order valence-electron chi connectivity index (χ4n) is 2.85. The van der Waals surface area contributed by atoms with Crippen LogP contribution in [0, 0.1) is 0 Å². The molecule has 1 N–H and O–H groups in total. The highest BCUT2D eigenvalue weighted by atomic mass is 32.2. The maximum atomic E-state index is 12.6. The Morgan fingerprint density at radius 1 is 1.39 bits per heavy atom. The third-order valence-electron chi connectivity index (χ3n) is 4.02. The van der Waals surface area contributed by atoms with Gasteiger partial charge in [0.2, 0.25) is 15.9 Å². The Morgan fingerprint density at radius 3 is 2.87 bits per heavy atom. The van der Waals surface area contributed by atoms with Crippen LogP contribution in [0.1, 0.15) is 24.8 Å². The van der Waals surface area contributed by atoms with Crippen LogP contribution in [0.15, 0.2) is 24.3 Å². The highest BCUT2D eigenvalue weighted by Gasteiger charge is 2.27. The third kappa shape index (κ3) is 5.51. The van der Waals surface area contributed by atoms with E-state index in [0.717, 1.165) is 36.8 Å². The van der Waals surface area contributed by atoms with E-state index in [1.54, 1.807) is 12.0 Å². The number of rotatable bonds is 6. The average molecular weight is 340 g/mol. The Kier molecular flexibility index (Phi) is 6.01. The van der Waals surface area contributed by atoms with Crippen LogP contribution in [0.4, 0.5) is 0 Å². The molecule has 1 amide bonds. The first-order chi connectivity index (χ1) is 10.9.